The Morgan fingerprint density at radius 2 is 2.11 bits per heavy atom. The number of rotatable bonds is 6. The van der Waals surface area contributed by atoms with Crippen molar-refractivity contribution in [2.45, 2.75) is 24.9 Å². The zero-order valence-electron chi connectivity index (χ0n) is 14.8. The molecule has 1 aliphatic rings. The average molecular weight is 412 g/mol. The highest BCUT2D eigenvalue weighted by Gasteiger charge is 2.32. The molecule has 146 valence electrons. The maximum absolute atomic E-state index is 12.9. The van der Waals surface area contributed by atoms with E-state index in [1.807, 2.05) is 6.26 Å². The number of hydrogen-bond donors (Lipinski definition) is 2. The normalized spacial score (nSPS) is 19.8. The Kier molecular flexibility index (Phi) is 5.75. The number of aromatic nitrogens is 2. The zero-order valence-corrected chi connectivity index (χ0v) is 16.4. The van der Waals surface area contributed by atoms with Crippen molar-refractivity contribution in [1.82, 2.24) is 14.9 Å². The van der Waals surface area contributed by atoms with Gasteiger partial charge in [0, 0.05) is 6.04 Å². The van der Waals surface area contributed by atoms with Gasteiger partial charge in [-0.25, -0.2) is 17.8 Å². The fraction of sp³-hybridized carbons (Fsp3) is 0.471. The molecule has 2 N–H and O–H groups in total. The van der Waals surface area contributed by atoms with Gasteiger partial charge in [0.15, 0.2) is 9.84 Å². The van der Waals surface area contributed by atoms with Crippen molar-refractivity contribution in [3.8, 4) is 0 Å². The van der Waals surface area contributed by atoms with Gasteiger partial charge in [-0.1, -0.05) is 12.1 Å². The van der Waals surface area contributed by atoms with Crippen LogP contribution in [0.3, 0.4) is 0 Å². The Morgan fingerprint density at radius 1 is 1.37 bits per heavy atom. The topological polar surface area (TPSA) is 118 Å². The minimum Gasteiger partial charge on any atom is -0.351 e. The SMILES string of the molecule is CSCC[C@@H](C(=O)N[C@H]1CCS(=O)(=O)C1)n1c(=O)[nH]c2ccccc2c1=O. The number of benzene rings is 1. The molecule has 0 radical (unpaired) electrons. The average Bonchev–Trinajstić information content (AvgIpc) is 2.96. The van der Waals surface area contributed by atoms with E-state index in [4.69, 9.17) is 0 Å². The molecule has 10 heteroatoms. The van der Waals surface area contributed by atoms with Crippen molar-refractivity contribution in [3.63, 3.8) is 0 Å². The Bertz CT molecular complexity index is 1070. The summed E-state index contributed by atoms with van der Waals surface area (Å²) in [5.74, 6) is -0.0188. The molecule has 2 heterocycles. The van der Waals surface area contributed by atoms with Crippen molar-refractivity contribution in [2.24, 2.45) is 0 Å². The van der Waals surface area contributed by atoms with E-state index in [-0.39, 0.29) is 17.9 Å². The maximum Gasteiger partial charge on any atom is 0.329 e. The van der Waals surface area contributed by atoms with Gasteiger partial charge in [0.1, 0.15) is 6.04 Å². The lowest BCUT2D eigenvalue weighted by Crippen LogP contribution is -2.47. The molecular weight excluding hydrogens is 390 g/mol. The third-order valence-corrected chi connectivity index (χ3v) is 7.04. The van der Waals surface area contributed by atoms with Crippen LogP contribution >= 0.6 is 11.8 Å². The van der Waals surface area contributed by atoms with Gasteiger partial charge < -0.3 is 10.3 Å². The van der Waals surface area contributed by atoms with Gasteiger partial charge in [0.05, 0.1) is 22.4 Å². The second-order valence-corrected chi connectivity index (χ2v) is 9.77. The first kappa shape index (κ1) is 19.7. The van der Waals surface area contributed by atoms with Crippen LogP contribution in [-0.4, -0.2) is 53.4 Å². The first-order valence-corrected chi connectivity index (χ1v) is 11.8. The highest BCUT2D eigenvalue weighted by molar-refractivity contribution is 7.98. The van der Waals surface area contributed by atoms with Gasteiger partial charge in [-0.05, 0) is 37.0 Å². The molecule has 2 atom stereocenters. The standard InChI is InChI=1S/C17H21N3O5S2/c1-26-8-6-14(15(21)18-11-7-9-27(24,25)10-11)20-16(22)12-4-2-3-5-13(12)19-17(20)23/h2-5,11,14H,6-10H2,1H3,(H,18,21)(H,19,23)/t11-,14-/m0/s1. The van der Waals surface area contributed by atoms with E-state index in [1.54, 1.807) is 24.3 Å². The van der Waals surface area contributed by atoms with E-state index in [9.17, 15) is 22.8 Å². The number of carbonyl (C=O) groups is 1. The van der Waals surface area contributed by atoms with Crippen LogP contribution in [0.2, 0.25) is 0 Å². The molecule has 0 spiro atoms. The number of sulfone groups is 1. The van der Waals surface area contributed by atoms with Gasteiger partial charge in [-0.3, -0.25) is 9.59 Å². The van der Waals surface area contributed by atoms with Gasteiger partial charge in [-0.15, -0.1) is 0 Å². The van der Waals surface area contributed by atoms with Gasteiger partial charge >= 0.3 is 5.69 Å². The first-order chi connectivity index (χ1) is 12.8. The van der Waals surface area contributed by atoms with Crippen LogP contribution in [0, 0.1) is 0 Å². The molecule has 1 fully saturated rings. The summed E-state index contributed by atoms with van der Waals surface area (Å²) in [6.07, 6.45) is 2.49. The van der Waals surface area contributed by atoms with Crippen LogP contribution in [0.5, 0.6) is 0 Å². The number of nitrogens with one attached hydrogen (secondary N) is 2. The lowest BCUT2D eigenvalue weighted by Gasteiger charge is -2.21. The summed E-state index contributed by atoms with van der Waals surface area (Å²) in [6.45, 7) is 0. The predicted molar refractivity (Wildman–Crippen MR) is 106 cm³/mol. The largest absolute Gasteiger partial charge is 0.351 e. The second-order valence-electron chi connectivity index (χ2n) is 6.56. The Labute approximate surface area is 160 Å². The van der Waals surface area contributed by atoms with Crippen LogP contribution in [0.1, 0.15) is 18.9 Å². The number of aromatic amines is 1. The molecule has 1 amide bonds. The fourth-order valence-corrected chi connectivity index (χ4v) is 5.40. The van der Waals surface area contributed by atoms with Crippen molar-refractivity contribution in [3.05, 3.63) is 45.1 Å². The van der Waals surface area contributed by atoms with Crippen molar-refractivity contribution in [2.75, 3.05) is 23.5 Å². The van der Waals surface area contributed by atoms with E-state index in [2.05, 4.69) is 10.3 Å². The Morgan fingerprint density at radius 3 is 2.78 bits per heavy atom. The van der Waals surface area contributed by atoms with E-state index < -0.39 is 39.1 Å². The molecule has 0 unspecified atom stereocenters. The van der Waals surface area contributed by atoms with E-state index in [1.165, 1.54) is 11.8 Å². The number of nitrogens with zero attached hydrogens (tertiary/aromatic N) is 1. The van der Waals surface area contributed by atoms with Crippen LogP contribution in [0.4, 0.5) is 0 Å². The number of fused-ring (bicyclic) bond motifs is 1. The molecule has 1 saturated heterocycles. The van der Waals surface area contributed by atoms with Crippen LogP contribution in [0.15, 0.2) is 33.9 Å². The molecule has 0 bridgehead atoms. The lowest BCUT2D eigenvalue weighted by atomic mass is 10.1. The summed E-state index contributed by atoms with van der Waals surface area (Å²) in [4.78, 5) is 40.9. The molecule has 8 nitrogen and oxygen atoms in total. The van der Waals surface area contributed by atoms with Crippen molar-refractivity contribution < 1.29 is 13.2 Å². The minimum atomic E-state index is -3.15. The van der Waals surface area contributed by atoms with Crippen molar-refractivity contribution in [1.29, 1.82) is 0 Å². The van der Waals surface area contributed by atoms with Crippen LogP contribution in [0.25, 0.3) is 10.9 Å². The Balaban J connectivity index is 1.97. The highest BCUT2D eigenvalue weighted by Crippen LogP contribution is 2.16. The Hall–Kier alpha value is -2.07. The van der Waals surface area contributed by atoms with Crippen LogP contribution < -0.4 is 16.6 Å². The number of para-hydroxylation sites is 1. The third kappa shape index (κ3) is 4.27. The summed E-state index contributed by atoms with van der Waals surface area (Å²) in [5, 5.41) is 3.03. The predicted octanol–water partition coefficient (Wildman–Crippen LogP) is 0.287. The lowest BCUT2D eigenvalue weighted by molar-refractivity contribution is -0.125. The first-order valence-electron chi connectivity index (χ1n) is 8.55. The van der Waals surface area contributed by atoms with E-state index in [0.29, 0.717) is 23.1 Å². The molecule has 2 aromatic rings. The summed E-state index contributed by atoms with van der Waals surface area (Å²) in [5.41, 5.74) is -0.775. The number of carbonyl (C=O) groups excluding carboxylic acids is 1. The molecule has 0 saturated carbocycles. The van der Waals surface area contributed by atoms with E-state index in [0.717, 1.165) is 4.57 Å². The smallest absolute Gasteiger partial charge is 0.329 e. The monoisotopic (exact) mass is 411 g/mol. The minimum absolute atomic E-state index is 0.0317. The summed E-state index contributed by atoms with van der Waals surface area (Å²) < 4.78 is 24.2. The molecule has 0 aliphatic carbocycles. The maximum atomic E-state index is 12.9. The van der Waals surface area contributed by atoms with Gasteiger partial charge in [-0.2, -0.15) is 11.8 Å². The molecule has 1 aliphatic heterocycles. The zero-order chi connectivity index (χ0) is 19.6. The summed E-state index contributed by atoms with van der Waals surface area (Å²) in [7, 11) is -3.15. The van der Waals surface area contributed by atoms with E-state index >= 15 is 0 Å². The molecule has 27 heavy (non-hydrogen) atoms. The molecule has 1 aromatic carbocycles. The van der Waals surface area contributed by atoms with Gasteiger partial charge in [0.25, 0.3) is 5.56 Å². The number of H-pyrrole nitrogens is 1. The number of hydrogen-bond acceptors (Lipinski definition) is 6. The summed E-state index contributed by atoms with van der Waals surface area (Å²) >= 11 is 1.50. The fourth-order valence-electron chi connectivity index (χ4n) is 3.27. The van der Waals surface area contributed by atoms with Gasteiger partial charge in [0.2, 0.25) is 5.91 Å². The molecule has 3 rings (SSSR count). The van der Waals surface area contributed by atoms with Crippen LogP contribution in [-0.2, 0) is 14.6 Å². The molecule has 1 aromatic heterocycles. The third-order valence-electron chi connectivity index (χ3n) is 4.63. The van der Waals surface area contributed by atoms with Crippen molar-refractivity contribution >= 4 is 38.4 Å². The molecular formula is C17H21N3O5S2. The number of thioether (sulfide) groups is 1. The number of amides is 1. The highest BCUT2D eigenvalue weighted by atomic mass is 32.2. The summed E-state index contributed by atoms with van der Waals surface area (Å²) in [6, 6.07) is 5.13. The quantitative estimate of drug-likeness (QED) is 0.705. The second kappa shape index (κ2) is 7.89.